The minimum Gasteiger partial charge on any atom is -0.394 e. The molecule has 5 heteroatoms. The van der Waals surface area contributed by atoms with Crippen molar-refractivity contribution in [3.63, 3.8) is 0 Å². The lowest BCUT2D eigenvalue weighted by molar-refractivity contribution is 0.0907. The van der Waals surface area contributed by atoms with Crippen LogP contribution >= 0.6 is 0 Å². The van der Waals surface area contributed by atoms with Crippen molar-refractivity contribution in [2.75, 3.05) is 6.61 Å². The molecule has 2 N–H and O–H groups in total. The lowest BCUT2D eigenvalue weighted by Crippen LogP contribution is -2.30. The molecule has 2 rings (SSSR count). The molecule has 0 fully saturated rings. The van der Waals surface area contributed by atoms with Crippen LogP contribution in [-0.2, 0) is 0 Å². The Morgan fingerprint density at radius 1 is 1.35 bits per heavy atom. The van der Waals surface area contributed by atoms with Crippen molar-refractivity contribution in [3.05, 3.63) is 53.9 Å². The molecule has 0 aliphatic carbocycles. The van der Waals surface area contributed by atoms with Crippen LogP contribution in [0.5, 0.6) is 0 Å². The lowest BCUT2D eigenvalue weighted by atomic mass is 10.1. The van der Waals surface area contributed by atoms with Crippen LogP contribution in [0.4, 0.5) is 0 Å². The highest BCUT2D eigenvalue weighted by Gasteiger charge is 2.16. The molecular formula is C12H12N2O3. The van der Waals surface area contributed by atoms with Gasteiger partial charge in [0, 0.05) is 6.07 Å². The molecule has 0 aliphatic rings. The molecule has 0 saturated heterocycles. The molecule has 1 heterocycles. The zero-order chi connectivity index (χ0) is 12.1. The Labute approximate surface area is 98.1 Å². The first-order valence-electron chi connectivity index (χ1n) is 5.18. The summed E-state index contributed by atoms with van der Waals surface area (Å²) in [6.07, 6.45) is 1.32. The lowest BCUT2D eigenvalue weighted by Gasteiger charge is -2.15. The van der Waals surface area contributed by atoms with Crippen molar-refractivity contribution in [1.82, 2.24) is 10.5 Å². The molecule has 1 amide bonds. The molecule has 0 spiro atoms. The fraction of sp³-hybridized carbons (Fsp3) is 0.167. The average molecular weight is 232 g/mol. The third-order valence-corrected chi connectivity index (χ3v) is 2.36. The molecule has 5 nitrogen and oxygen atoms in total. The van der Waals surface area contributed by atoms with E-state index >= 15 is 0 Å². The third kappa shape index (κ3) is 2.70. The number of carbonyl (C=O) groups excluding carboxylic acids is 1. The Morgan fingerprint density at radius 3 is 2.71 bits per heavy atom. The molecular weight excluding hydrogens is 220 g/mol. The van der Waals surface area contributed by atoms with Gasteiger partial charge < -0.3 is 14.9 Å². The molecule has 2 aromatic rings. The monoisotopic (exact) mass is 232 g/mol. The summed E-state index contributed by atoms with van der Waals surface area (Å²) >= 11 is 0. The molecule has 0 saturated carbocycles. The van der Waals surface area contributed by atoms with Gasteiger partial charge in [-0.2, -0.15) is 0 Å². The van der Waals surface area contributed by atoms with Gasteiger partial charge >= 0.3 is 0 Å². The summed E-state index contributed by atoms with van der Waals surface area (Å²) in [4.78, 5) is 11.7. The quantitative estimate of drug-likeness (QED) is 0.828. The molecule has 0 radical (unpaired) electrons. The van der Waals surface area contributed by atoms with E-state index in [2.05, 4.69) is 15.0 Å². The summed E-state index contributed by atoms with van der Waals surface area (Å²) in [6.45, 7) is -0.173. The van der Waals surface area contributed by atoms with Crippen molar-refractivity contribution in [3.8, 4) is 0 Å². The number of aliphatic hydroxyl groups excluding tert-OH is 1. The van der Waals surface area contributed by atoms with E-state index in [4.69, 9.17) is 0 Å². The summed E-state index contributed by atoms with van der Waals surface area (Å²) < 4.78 is 4.58. The fourth-order valence-corrected chi connectivity index (χ4v) is 1.48. The van der Waals surface area contributed by atoms with E-state index in [0.29, 0.717) is 0 Å². The number of amides is 1. The highest BCUT2D eigenvalue weighted by molar-refractivity contribution is 5.92. The second-order valence-corrected chi connectivity index (χ2v) is 3.50. The summed E-state index contributed by atoms with van der Waals surface area (Å²) in [5.41, 5.74) is 1.03. The number of nitrogens with one attached hydrogen (secondary N) is 1. The smallest absolute Gasteiger partial charge is 0.274 e. The number of aliphatic hydroxyl groups is 1. The zero-order valence-electron chi connectivity index (χ0n) is 9.04. The van der Waals surface area contributed by atoms with Gasteiger partial charge in [0.05, 0.1) is 12.6 Å². The molecule has 1 aromatic carbocycles. The SMILES string of the molecule is O=C(N[C@@H](CO)c1ccccc1)c1ccon1. The summed E-state index contributed by atoms with van der Waals surface area (Å²) in [7, 11) is 0. The normalized spacial score (nSPS) is 12.1. The van der Waals surface area contributed by atoms with Crippen molar-refractivity contribution < 1.29 is 14.4 Å². The minimum atomic E-state index is -0.444. The molecule has 88 valence electrons. The second-order valence-electron chi connectivity index (χ2n) is 3.50. The van der Waals surface area contributed by atoms with Crippen LogP contribution < -0.4 is 5.32 Å². The van der Waals surface area contributed by atoms with E-state index in [0.717, 1.165) is 5.56 Å². The van der Waals surface area contributed by atoms with Gasteiger partial charge in [0.15, 0.2) is 5.69 Å². The van der Waals surface area contributed by atoms with E-state index < -0.39 is 6.04 Å². The Bertz CT molecular complexity index is 468. The van der Waals surface area contributed by atoms with Crippen LogP contribution in [0.3, 0.4) is 0 Å². The van der Waals surface area contributed by atoms with Gasteiger partial charge in [0.2, 0.25) is 0 Å². The van der Waals surface area contributed by atoms with Gasteiger partial charge in [-0.1, -0.05) is 35.5 Å². The maximum atomic E-state index is 11.7. The van der Waals surface area contributed by atoms with Crippen molar-refractivity contribution in [2.24, 2.45) is 0 Å². The van der Waals surface area contributed by atoms with E-state index in [1.54, 1.807) is 0 Å². The van der Waals surface area contributed by atoms with Gasteiger partial charge in [0.1, 0.15) is 6.26 Å². The number of benzene rings is 1. The zero-order valence-corrected chi connectivity index (χ0v) is 9.04. The number of hydrogen-bond donors (Lipinski definition) is 2. The van der Waals surface area contributed by atoms with Crippen LogP contribution in [-0.4, -0.2) is 22.8 Å². The van der Waals surface area contributed by atoms with Crippen LogP contribution in [0.15, 0.2) is 47.2 Å². The average Bonchev–Trinajstić information content (AvgIpc) is 2.90. The number of carbonyl (C=O) groups is 1. The van der Waals surface area contributed by atoms with Gasteiger partial charge in [-0.3, -0.25) is 4.79 Å². The molecule has 17 heavy (non-hydrogen) atoms. The Morgan fingerprint density at radius 2 is 2.12 bits per heavy atom. The Balaban J connectivity index is 2.09. The fourth-order valence-electron chi connectivity index (χ4n) is 1.48. The van der Waals surface area contributed by atoms with Gasteiger partial charge in [-0.25, -0.2) is 0 Å². The second kappa shape index (κ2) is 5.27. The van der Waals surface area contributed by atoms with Gasteiger partial charge in [-0.15, -0.1) is 0 Å². The number of aromatic nitrogens is 1. The Hall–Kier alpha value is -2.14. The molecule has 0 aliphatic heterocycles. The van der Waals surface area contributed by atoms with E-state index in [9.17, 15) is 9.90 Å². The Kier molecular flexibility index (Phi) is 3.52. The summed E-state index contributed by atoms with van der Waals surface area (Å²) in [5.74, 6) is -0.373. The summed E-state index contributed by atoms with van der Waals surface area (Å²) in [6, 6.07) is 10.3. The first-order chi connectivity index (χ1) is 8.31. The number of rotatable bonds is 4. The maximum absolute atomic E-state index is 11.7. The van der Waals surface area contributed by atoms with Crippen LogP contribution in [0, 0.1) is 0 Å². The summed E-state index contributed by atoms with van der Waals surface area (Å²) in [5, 5.41) is 15.5. The highest BCUT2D eigenvalue weighted by Crippen LogP contribution is 2.12. The first kappa shape index (κ1) is 11.3. The number of hydrogen-bond acceptors (Lipinski definition) is 4. The molecule has 1 aromatic heterocycles. The third-order valence-electron chi connectivity index (χ3n) is 2.36. The van der Waals surface area contributed by atoms with E-state index in [-0.39, 0.29) is 18.2 Å². The predicted molar refractivity (Wildman–Crippen MR) is 60.2 cm³/mol. The van der Waals surface area contributed by atoms with Crippen LogP contribution in [0.2, 0.25) is 0 Å². The molecule has 0 unspecified atom stereocenters. The van der Waals surface area contributed by atoms with Crippen LogP contribution in [0.25, 0.3) is 0 Å². The van der Waals surface area contributed by atoms with Crippen molar-refractivity contribution in [1.29, 1.82) is 0 Å². The predicted octanol–water partition coefficient (Wildman–Crippen LogP) is 1.14. The molecule has 1 atom stereocenters. The minimum absolute atomic E-state index is 0.173. The number of nitrogens with zero attached hydrogens (tertiary/aromatic N) is 1. The van der Waals surface area contributed by atoms with Crippen molar-refractivity contribution in [2.45, 2.75) is 6.04 Å². The largest absolute Gasteiger partial charge is 0.394 e. The standard InChI is InChI=1S/C12H12N2O3/c15-8-11(9-4-2-1-3-5-9)13-12(16)10-6-7-17-14-10/h1-7,11,15H,8H2,(H,13,16)/t11-/m0/s1. The maximum Gasteiger partial charge on any atom is 0.274 e. The van der Waals surface area contributed by atoms with Crippen molar-refractivity contribution >= 4 is 5.91 Å². The highest BCUT2D eigenvalue weighted by atomic mass is 16.5. The van der Waals surface area contributed by atoms with E-state index in [1.807, 2.05) is 30.3 Å². The van der Waals surface area contributed by atoms with Gasteiger partial charge in [-0.05, 0) is 5.56 Å². The molecule has 0 bridgehead atoms. The first-order valence-corrected chi connectivity index (χ1v) is 5.18. The van der Waals surface area contributed by atoms with E-state index in [1.165, 1.54) is 12.3 Å². The topological polar surface area (TPSA) is 75.4 Å². The van der Waals surface area contributed by atoms with Crippen LogP contribution in [0.1, 0.15) is 22.1 Å². The van der Waals surface area contributed by atoms with Gasteiger partial charge in [0.25, 0.3) is 5.91 Å².